The Morgan fingerprint density at radius 3 is 2.21 bits per heavy atom. The van der Waals surface area contributed by atoms with Crippen molar-refractivity contribution >= 4 is 5.97 Å². The molecular formula is C14H14F8O2. The van der Waals surface area contributed by atoms with Gasteiger partial charge in [0.05, 0.1) is 5.41 Å². The van der Waals surface area contributed by atoms with Crippen molar-refractivity contribution in [2.45, 2.75) is 44.0 Å². The van der Waals surface area contributed by atoms with Gasteiger partial charge in [0.25, 0.3) is 0 Å². The first-order valence-electron chi connectivity index (χ1n) is 7.03. The van der Waals surface area contributed by atoms with Crippen molar-refractivity contribution < 1.29 is 44.7 Å². The first kappa shape index (κ1) is 19.0. The predicted molar refractivity (Wildman–Crippen MR) is 65.3 cm³/mol. The molecule has 10 heteroatoms. The summed E-state index contributed by atoms with van der Waals surface area (Å²) in [5.41, 5.74) is -1.23. The molecule has 24 heavy (non-hydrogen) atoms. The molecule has 2 aliphatic rings. The smallest absolute Gasteiger partial charge is 0.381 e. The number of rotatable bonds is 6. The van der Waals surface area contributed by atoms with Gasteiger partial charge in [-0.15, -0.1) is 0 Å². The van der Waals surface area contributed by atoms with Gasteiger partial charge in [0.15, 0.2) is 6.61 Å². The van der Waals surface area contributed by atoms with Crippen LogP contribution in [0.2, 0.25) is 0 Å². The Hall–Kier alpha value is -1.35. The average molecular weight is 366 g/mol. The van der Waals surface area contributed by atoms with Gasteiger partial charge in [-0.05, 0) is 31.6 Å². The highest BCUT2D eigenvalue weighted by atomic mass is 19.4. The number of hydrogen-bond donors (Lipinski definition) is 0. The maximum absolute atomic E-state index is 13.4. The topological polar surface area (TPSA) is 26.3 Å². The molecular weight excluding hydrogens is 352 g/mol. The van der Waals surface area contributed by atoms with E-state index in [1.165, 1.54) is 6.92 Å². The molecule has 0 aromatic heterocycles. The molecule has 0 saturated heterocycles. The zero-order chi connectivity index (χ0) is 18.6. The van der Waals surface area contributed by atoms with Gasteiger partial charge in [-0.1, -0.05) is 12.2 Å². The highest BCUT2D eigenvalue weighted by Crippen LogP contribution is 2.53. The fraction of sp³-hybridized carbons (Fsp3) is 0.786. The van der Waals surface area contributed by atoms with Crippen molar-refractivity contribution in [2.24, 2.45) is 17.3 Å². The van der Waals surface area contributed by atoms with Crippen LogP contribution in [0.5, 0.6) is 0 Å². The Balaban J connectivity index is 2.07. The molecule has 138 valence electrons. The Labute approximate surface area is 131 Å². The van der Waals surface area contributed by atoms with Crippen LogP contribution in [0.25, 0.3) is 0 Å². The lowest BCUT2D eigenvalue weighted by atomic mass is 9.78. The van der Waals surface area contributed by atoms with Gasteiger partial charge in [-0.2, -0.15) is 26.3 Å². The summed E-state index contributed by atoms with van der Waals surface area (Å²) < 4.78 is 106. The summed E-state index contributed by atoms with van der Waals surface area (Å²) in [5.74, 6) is -19.8. The lowest BCUT2D eigenvalue weighted by Crippen LogP contribution is -2.59. The van der Waals surface area contributed by atoms with Crippen molar-refractivity contribution in [3.8, 4) is 0 Å². The second kappa shape index (κ2) is 5.59. The number of alkyl halides is 8. The lowest BCUT2D eigenvalue weighted by Gasteiger charge is -2.33. The minimum absolute atomic E-state index is 0.0256. The van der Waals surface area contributed by atoms with E-state index in [0.717, 1.165) is 0 Å². The summed E-state index contributed by atoms with van der Waals surface area (Å²) >= 11 is 0. The fourth-order valence-electron chi connectivity index (χ4n) is 3.12. The monoisotopic (exact) mass is 366 g/mol. The van der Waals surface area contributed by atoms with Crippen LogP contribution in [0.1, 0.15) is 19.8 Å². The van der Waals surface area contributed by atoms with Gasteiger partial charge in [0, 0.05) is 0 Å². The van der Waals surface area contributed by atoms with E-state index in [9.17, 15) is 39.9 Å². The molecule has 0 spiro atoms. The van der Waals surface area contributed by atoms with Crippen LogP contribution >= 0.6 is 0 Å². The van der Waals surface area contributed by atoms with Gasteiger partial charge in [0.1, 0.15) is 0 Å². The van der Waals surface area contributed by atoms with E-state index in [-0.39, 0.29) is 18.3 Å². The van der Waals surface area contributed by atoms with Gasteiger partial charge in [-0.25, -0.2) is 8.78 Å². The van der Waals surface area contributed by atoms with Crippen LogP contribution in [-0.2, 0) is 9.53 Å². The molecule has 1 fully saturated rings. The number of carbonyl (C=O) groups excluding carboxylic acids is 1. The molecule has 0 aromatic carbocycles. The molecule has 0 aromatic rings. The highest BCUT2D eigenvalue weighted by molar-refractivity contribution is 5.78. The first-order valence-corrected chi connectivity index (χ1v) is 7.03. The molecule has 0 N–H and O–H groups in total. The van der Waals surface area contributed by atoms with E-state index in [1.54, 1.807) is 6.08 Å². The minimum Gasteiger partial charge on any atom is -0.459 e. The molecule has 2 aliphatic carbocycles. The Bertz CT molecular complexity index is 545. The van der Waals surface area contributed by atoms with E-state index in [1.807, 2.05) is 6.08 Å². The van der Waals surface area contributed by atoms with Crippen molar-refractivity contribution in [1.29, 1.82) is 0 Å². The van der Waals surface area contributed by atoms with Gasteiger partial charge in [-0.3, -0.25) is 4.79 Å². The van der Waals surface area contributed by atoms with Crippen molar-refractivity contribution in [2.75, 3.05) is 6.61 Å². The number of allylic oxidation sites excluding steroid dienone is 2. The number of hydrogen-bond acceptors (Lipinski definition) is 2. The van der Waals surface area contributed by atoms with Crippen molar-refractivity contribution in [3.63, 3.8) is 0 Å². The number of halogens is 8. The van der Waals surface area contributed by atoms with Gasteiger partial charge < -0.3 is 4.74 Å². The summed E-state index contributed by atoms with van der Waals surface area (Å²) in [6, 6.07) is 0. The van der Waals surface area contributed by atoms with Gasteiger partial charge in [0.2, 0.25) is 0 Å². The zero-order valence-corrected chi connectivity index (χ0v) is 12.3. The van der Waals surface area contributed by atoms with Crippen LogP contribution in [-0.4, -0.2) is 36.8 Å². The Kier molecular flexibility index (Phi) is 4.42. The van der Waals surface area contributed by atoms with Crippen molar-refractivity contribution in [1.82, 2.24) is 0 Å². The maximum atomic E-state index is 13.4. The summed E-state index contributed by atoms with van der Waals surface area (Å²) in [6.07, 6.45) is -0.676. The first-order chi connectivity index (χ1) is 10.8. The molecule has 2 bridgehead atoms. The third-order valence-corrected chi connectivity index (χ3v) is 4.68. The molecule has 0 radical (unpaired) electrons. The molecule has 0 aliphatic heterocycles. The minimum atomic E-state index is -6.37. The quantitative estimate of drug-likeness (QED) is 0.398. The van der Waals surface area contributed by atoms with E-state index < -0.39 is 42.2 Å². The molecule has 2 rings (SSSR count). The second-order valence-electron chi connectivity index (χ2n) is 6.39. The number of fused-ring (bicyclic) bond motifs is 2. The maximum Gasteiger partial charge on any atom is 0.381 e. The van der Waals surface area contributed by atoms with Crippen LogP contribution in [0, 0.1) is 17.3 Å². The molecule has 3 unspecified atom stereocenters. The summed E-state index contributed by atoms with van der Waals surface area (Å²) in [6.45, 7) is -1.01. The van der Waals surface area contributed by atoms with Gasteiger partial charge >= 0.3 is 30.2 Å². The summed E-state index contributed by atoms with van der Waals surface area (Å²) in [4.78, 5) is 11.9. The fourth-order valence-corrected chi connectivity index (χ4v) is 3.12. The molecule has 2 nitrogen and oxygen atoms in total. The Morgan fingerprint density at radius 2 is 1.79 bits per heavy atom. The van der Waals surface area contributed by atoms with E-state index in [0.29, 0.717) is 6.42 Å². The third-order valence-electron chi connectivity index (χ3n) is 4.68. The van der Waals surface area contributed by atoms with E-state index in [4.69, 9.17) is 0 Å². The normalized spacial score (nSPS) is 30.2. The van der Waals surface area contributed by atoms with Crippen LogP contribution in [0.3, 0.4) is 0 Å². The summed E-state index contributed by atoms with van der Waals surface area (Å²) in [5, 5.41) is 0. The van der Waals surface area contributed by atoms with Crippen LogP contribution in [0.4, 0.5) is 35.1 Å². The second-order valence-corrected chi connectivity index (χ2v) is 6.39. The molecule has 0 amide bonds. The number of esters is 1. The largest absolute Gasteiger partial charge is 0.459 e. The summed E-state index contributed by atoms with van der Waals surface area (Å²) in [7, 11) is 0. The standard InChI is InChI=1S/C14H14F8O2/c1-11(5-7-2-3-8(11)4-7)10(23)24-6-12(17,18)14(21,22)13(19,20)9(15)16/h2-3,7-9H,4-6H2,1H3. The number of ether oxygens (including phenoxy) is 1. The SMILES string of the molecule is CC1(C(=O)OCC(F)(F)C(F)(F)C(F)(F)C(F)F)CC2C=CC1C2. The lowest BCUT2D eigenvalue weighted by molar-refractivity contribution is -0.344. The van der Waals surface area contributed by atoms with E-state index in [2.05, 4.69) is 4.74 Å². The Morgan fingerprint density at radius 1 is 1.21 bits per heavy atom. The number of carbonyl (C=O) groups is 1. The molecule has 0 heterocycles. The van der Waals surface area contributed by atoms with Crippen LogP contribution < -0.4 is 0 Å². The molecule has 3 atom stereocenters. The highest BCUT2D eigenvalue weighted by Gasteiger charge is 2.75. The predicted octanol–water partition coefficient (Wildman–Crippen LogP) is 4.30. The average Bonchev–Trinajstić information content (AvgIpc) is 3.04. The molecule has 1 saturated carbocycles. The van der Waals surface area contributed by atoms with Crippen LogP contribution in [0.15, 0.2) is 12.2 Å². The third kappa shape index (κ3) is 2.67. The van der Waals surface area contributed by atoms with E-state index >= 15 is 0 Å². The zero-order valence-electron chi connectivity index (χ0n) is 12.3. The van der Waals surface area contributed by atoms with Crippen molar-refractivity contribution in [3.05, 3.63) is 12.2 Å².